The lowest BCUT2D eigenvalue weighted by Gasteiger charge is -2.10. The number of benzene rings is 1. The Balaban J connectivity index is 1.66. The van der Waals surface area contributed by atoms with Crippen LogP contribution in [0.4, 0.5) is 0 Å². The second-order valence-corrected chi connectivity index (χ2v) is 10.5. The fourth-order valence-corrected chi connectivity index (χ4v) is 3.57. The molecule has 1 aromatic rings. The van der Waals surface area contributed by atoms with Gasteiger partial charge in [0.15, 0.2) is 0 Å². The third-order valence-corrected chi connectivity index (χ3v) is 6.50. The molecule has 0 aromatic heterocycles. The van der Waals surface area contributed by atoms with Gasteiger partial charge in [-0.1, -0.05) is 50.6 Å². The molecule has 0 amide bonds. The highest BCUT2D eigenvalue weighted by molar-refractivity contribution is 6.40. The molecule has 0 N–H and O–H groups in total. The van der Waals surface area contributed by atoms with E-state index < -0.39 is 11.8 Å². The van der Waals surface area contributed by atoms with Gasteiger partial charge in [0, 0.05) is 12.2 Å². The average Bonchev–Trinajstić information content (AvgIpc) is 3.13. The zero-order valence-electron chi connectivity index (χ0n) is 29.7. The second kappa shape index (κ2) is 35.7. The van der Waals surface area contributed by atoms with E-state index in [4.69, 9.17) is 56.8 Å². The summed E-state index contributed by atoms with van der Waals surface area (Å²) in [7, 11) is 0. The van der Waals surface area contributed by atoms with Crippen LogP contribution < -0.4 is 0 Å². The summed E-state index contributed by atoms with van der Waals surface area (Å²) in [6.45, 7) is 15.1. The standard InChI is InChI=1S/C35H60O14/c1-3-32(2)31-48-28-27-46-24-23-44-20-19-42-16-15-40-12-11-38-9-10-39-13-14-41-17-18-43-21-22-45-25-26-47-29-30-49-35(37)34(36)33-7-5-4-6-8-33/h4-8,32H,3,9-31H2,1-2H3. The highest BCUT2D eigenvalue weighted by Crippen LogP contribution is 2.02. The lowest BCUT2D eigenvalue weighted by molar-refractivity contribution is -0.139. The summed E-state index contributed by atoms with van der Waals surface area (Å²) in [6, 6.07) is 8.26. The maximum absolute atomic E-state index is 11.9. The quantitative estimate of drug-likeness (QED) is 0.0430. The molecule has 14 heteroatoms. The molecular formula is C35H60O14. The molecule has 1 rings (SSSR count). The molecule has 0 saturated heterocycles. The number of ketones is 1. The van der Waals surface area contributed by atoms with Crippen molar-refractivity contribution < 1.29 is 66.4 Å². The van der Waals surface area contributed by atoms with Crippen molar-refractivity contribution in [1.29, 1.82) is 0 Å². The highest BCUT2D eigenvalue weighted by atomic mass is 16.6. The second-order valence-electron chi connectivity index (χ2n) is 10.5. The van der Waals surface area contributed by atoms with E-state index in [0.29, 0.717) is 144 Å². The zero-order valence-corrected chi connectivity index (χ0v) is 29.7. The van der Waals surface area contributed by atoms with Gasteiger partial charge in [0.2, 0.25) is 0 Å². The van der Waals surface area contributed by atoms with Crippen LogP contribution in [0, 0.1) is 5.92 Å². The first-order valence-electron chi connectivity index (χ1n) is 17.3. The number of hydrogen-bond donors (Lipinski definition) is 0. The molecule has 0 radical (unpaired) electrons. The van der Waals surface area contributed by atoms with E-state index >= 15 is 0 Å². The van der Waals surface area contributed by atoms with Crippen LogP contribution >= 0.6 is 0 Å². The Morgan fingerprint density at radius 3 is 1.04 bits per heavy atom. The van der Waals surface area contributed by atoms with E-state index in [0.717, 1.165) is 13.0 Å². The monoisotopic (exact) mass is 704 g/mol. The Morgan fingerprint density at radius 1 is 0.449 bits per heavy atom. The molecule has 49 heavy (non-hydrogen) atoms. The van der Waals surface area contributed by atoms with Gasteiger partial charge in [-0.2, -0.15) is 0 Å². The van der Waals surface area contributed by atoms with Crippen molar-refractivity contribution in [3.05, 3.63) is 35.9 Å². The summed E-state index contributed by atoms with van der Waals surface area (Å²) < 4.78 is 64.9. The van der Waals surface area contributed by atoms with Crippen molar-refractivity contribution in [2.24, 2.45) is 5.92 Å². The minimum atomic E-state index is -0.897. The Bertz CT molecular complexity index is 860. The van der Waals surface area contributed by atoms with Crippen LogP contribution in [0.2, 0.25) is 0 Å². The first-order valence-corrected chi connectivity index (χ1v) is 17.3. The molecule has 0 aliphatic rings. The third-order valence-electron chi connectivity index (χ3n) is 6.50. The minimum absolute atomic E-state index is 0.00219. The van der Waals surface area contributed by atoms with E-state index in [1.54, 1.807) is 30.3 Å². The summed E-state index contributed by atoms with van der Waals surface area (Å²) in [4.78, 5) is 23.6. The van der Waals surface area contributed by atoms with E-state index in [-0.39, 0.29) is 13.2 Å². The molecule has 14 nitrogen and oxygen atoms in total. The number of carbonyl (C=O) groups excluding carboxylic acids is 2. The van der Waals surface area contributed by atoms with Gasteiger partial charge in [-0.3, -0.25) is 4.79 Å². The Kier molecular flexibility index (Phi) is 32.8. The van der Waals surface area contributed by atoms with E-state index in [9.17, 15) is 9.59 Å². The van der Waals surface area contributed by atoms with Crippen molar-refractivity contribution in [2.75, 3.05) is 152 Å². The van der Waals surface area contributed by atoms with Crippen molar-refractivity contribution in [3.8, 4) is 0 Å². The number of rotatable bonds is 38. The van der Waals surface area contributed by atoms with Gasteiger partial charge in [-0.05, 0) is 5.92 Å². The lowest BCUT2D eigenvalue weighted by atomic mass is 10.1. The van der Waals surface area contributed by atoms with Crippen LogP contribution in [0.15, 0.2) is 30.3 Å². The molecule has 0 heterocycles. The van der Waals surface area contributed by atoms with Crippen molar-refractivity contribution in [2.45, 2.75) is 20.3 Å². The Morgan fingerprint density at radius 2 is 0.735 bits per heavy atom. The summed E-state index contributed by atoms with van der Waals surface area (Å²) >= 11 is 0. The molecule has 0 bridgehead atoms. The van der Waals surface area contributed by atoms with Crippen molar-refractivity contribution >= 4 is 11.8 Å². The van der Waals surface area contributed by atoms with Crippen LogP contribution in [0.25, 0.3) is 0 Å². The van der Waals surface area contributed by atoms with Crippen LogP contribution in [0.1, 0.15) is 30.6 Å². The first-order chi connectivity index (χ1) is 24.1. The predicted molar refractivity (Wildman–Crippen MR) is 180 cm³/mol. The average molecular weight is 705 g/mol. The number of esters is 1. The van der Waals surface area contributed by atoms with E-state index in [1.807, 2.05) is 0 Å². The Labute approximate surface area is 292 Å². The topological polar surface area (TPSA) is 145 Å². The predicted octanol–water partition coefficient (Wildman–Crippen LogP) is 2.64. The number of hydrogen-bond acceptors (Lipinski definition) is 14. The molecule has 1 unspecified atom stereocenters. The van der Waals surface area contributed by atoms with E-state index in [2.05, 4.69) is 13.8 Å². The number of Topliss-reactive ketones (excluding diaryl/α,β-unsaturated/α-hetero) is 1. The normalized spacial score (nSPS) is 12.0. The fourth-order valence-electron chi connectivity index (χ4n) is 3.57. The summed E-state index contributed by atoms with van der Waals surface area (Å²) in [5.41, 5.74) is 0.296. The van der Waals surface area contributed by atoms with Gasteiger partial charge in [-0.25, -0.2) is 4.79 Å². The number of ether oxygens (including phenoxy) is 12. The molecule has 0 aliphatic carbocycles. The summed E-state index contributed by atoms with van der Waals surface area (Å²) in [6.07, 6.45) is 1.13. The zero-order chi connectivity index (χ0) is 35.3. The lowest BCUT2D eigenvalue weighted by Crippen LogP contribution is -2.20. The van der Waals surface area contributed by atoms with Gasteiger partial charge < -0.3 is 56.8 Å². The van der Waals surface area contributed by atoms with Crippen molar-refractivity contribution in [1.82, 2.24) is 0 Å². The first kappa shape index (κ1) is 44.9. The van der Waals surface area contributed by atoms with Crippen LogP contribution in [0.5, 0.6) is 0 Å². The molecular weight excluding hydrogens is 644 g/mol. The van der Waals surface area contributed by atoms with Gasteiger partial charge in [0.25, 0.3) is 5.78 Å². The van der Waals surface area contributed by atoms with Crippen LogP contribution in [0.3, 0.4) is 0 Å². The van der Waals surface area contributed by atoms with Gasteiger partial charge in [-0.15, -0.1) is 0 Å². The van der Waals surface area contributed by atoms with Gasteiger partial charge >= 0.3 is 5.97 Å². The smallest absolute Gasteiger partial charge is 0.379 e. The maximum Gasteiger partial charge on any atom is 0.379 e. The van der Waals surface area contributed by atoms with Crippen LogP contribution in [-0.4, -0.2) is 164 Å². The molecule has 284 valence electrons. The highest BCUT2D eigenvalue weighted by Gasteiger charge is 2.17. The molecule has 1 aromatic carbocycles. The van der Waals surface area contributed by atoms with Gasteiger partial charge in [0.1, 0.15) is 6.61 Å². The van der Waals surface area contributed by atoms with Crippen molar-refractivity contribution in [3.63, 3.8) is 0 Å². The van der Waals surface area contributed by atoms with E-state index in [1.165, 1.54) is 0 Å². The van der Waals surface area contributed by atoms with Crippen LogP contribution in [-0.2, 0) is 61.6 Å². The molecule has 0 aliphatic heterocycles. The maximum atomic E-state index is 11.9. The summed E-state index contributed by atoms with van der Waals surface area (Å²) in [5, 5.41) is 0. The molecule has 0 spiro atoms. The third kappa shape index (κ3) is 30.5. The minimum Gasteiger partial charge on any atom is -0.457 e. The Hall–Kier alpha value is -2.08. The molecule has 0 fully saturated rings. The fraction of sp³-hybridized carbons (Fsp3) is 0.771. The van der Waals surface area contributed by atoms with Gasteiger partial charge in [0.05, 0.1) is 139 Å². The SMILES string of the molecule is CCC(C)COCCOCCOCCOCCOCCOCCOCCOCCOCCOCCOCCOC(=O)C(=O)c1ccccc1. The largest absolute Gasteiger partial charge is 0.457 e. The molecule has 1 atom stereocenters. The number of carbonyl (C=O) groups is 2. The molecule has 0 saturated carbocycles. The summed E-state index contributed by atoms with van der Waals surface area (Å²) in [5.74, 6) is -0.982.